The molecule has 0 bridgehead atoms. The van der Waals surface area contributed by atoms with Crippen LogP contribution in [0.5, 0.6) is 11.5 Å². The van der Waals surface area contributed by atoms with Crippen LogP contribution in [0.3, 0.4) is 0 Å². The molecule has 3 aromatic rings. The van der Waals surface area contributed by atoms with E-state index in [0.29, 0.717) is 63.0 Å². The fourth-order valence-corrected chi connectivity index (χ4v) is 4.50. The highest BCUT2D eigenvalue weighted by Crippen LogP contribution is 2.25. The van der Waals surface area contributed by atoms with Crippen LogP contribution in [-0.2, 0) is 13.1 Å². The molecule has 0 aliphatic carbocycles. The summed E-state index contributed by atoms with van der Waals surface area (Å²) in [5.74, 6) is 0.952. The molecule has 11 nitrogen and oxygen atoms in total. The molecule has 4 heterocycles. The second-order valence-electron chi connectivity index (χ2n) is 8.65. The molecular weight excluding hydrogens is 466 g/mol. The zero-order chi connectivity index (χ0) is 25.2. The number of carbonyl (C=O) groups is 3. The molecule has 2 aromatic heterocycles. The van der Waals surface area contributed by atoms with E-state index >= 15 is 0 Å². The largest absolute Gasteiger partial charge is 0.497 e. The van der Waals surface area contributed by atoms with E-state index in [1.54, 1.807) is 57.9 Å². The van der Waals surface area contributed by atoms with Crippen LogP contribution in [0, 0.1) is 0 Å². The van der Waals surface area contributed by atoms with Crippen molar-refractivity contribution >= 4 is 17.7 Å². The summed E-state index contributed by atoms with van der Waals surface area (Å²) in [6.45, 7) is 2.89. The number of carbonyl (C=O) groups excluding carboxylic acids is 3. The van der Waals surface area contributed by atoms with Crippen molar-refractivity contribution in [3.63, 3.8) is 0 Å². The Labute approximate surface area is 207 Å². The lowest BCUT2D eigenvalue weighted by molar-refractivity contribution is 0.0514. The molecule has 188 valence electrons. The molecule has 5 rings (SSSR count). The van der Waals surface area contributed by atoms with Crippen molar-refractivity contribution in [3.05, 3.63) is 65.4 Å². The molecule has 0 N–H and O–H groups in total. The van der Waals surface area contributed by atoms with E-state index in [-0.39, 0.29) is 29.2 Å². The Morgan fingerprint density at radius 1 is 0.917 bits per heavy atom. The Morgan fingerprint density at radius 2 is 1.58 bits per heavy atom. The van der Waals surface area contributed by atoms with E-state index in [1.807, 2.05) is 12.1 Å². The van der Waals surface area contributed by atoms with Crippen LogP contribution in [0.4, 0.5) is 0 Å². The number of benzene rings is 1. The number of fused-ring (bicyclic) bond motifs is 1. The van der Waals surface area contributed by atoms with Crippen LogP contribution in [-0.4, -0.2) is 89.1 Å². The number of aromatic nitrogens is 2. The first-order chi connectivity index (χ1) is 17.5. The van der Waals surface area contributed by atoms with Crippen LogP contribution in [0.15, 0.2) is 47.1 Å². The van der Waals surface area contributed by atoms with Gasteiger partial charge in [-0.2, -0.15) is 5.10 Å². The molecule has 36 heavy (non-hydrogen) atoms. The smallest absolute Gasteiger partial charge is 0.289 e. The van der Waals surface area contributed by atoms with Crippen LogP contribution >= 0.6 is 0 Å². The summed E-state index contributed by atoms with van der Waals surface area (Å²) in [4.78, 5) is 43.8. The van der Waals surface area contributed by atoms with Crippen molar-refractivity contribution < 1.29 is 28.3 Å². The predicted molar refractivity (Wildman–Crippen MR) is 127 cm³/mol. The van der Waals surface area contributed by atoms with Crippen molar-refractivity contribution in [2.45, 2.75) is 13.1 Å². The van der Waals surface area contributed by atoms with Crippen LogP contribution in [0.2, 0.25) is 0 Å². The number of hydrogen-bond acceptors (Lipinski definition) is 7. The van der Waals surface area contributed by atoms with E-state index in [1.165, 1.54) is 6.26 Å². The summed E-state index contributed by atoms with van der Waals surface area (Å²) in [5.41, 5.74) is 1.49. The maximum atomic E-state index is 13.2. The van der Waals surface area contributed by atoms with Crippen molar-refractivity contribution in [1.29, 1.82) is 0 Å². The van der Waals surface area contributed by atoms with Gasteiger partial charge in [-0.05, 0) is 29.8 Å². The van der Waals surface area contributed by atoms with Gasteiger partial charge in [-0.3, -0.25) is 19.1 Å². The molecule has 0 spiro atoms. The zero-order valence-corrected chi connectivity index (χ0v) is 20.2. The van der Waals surface area contributed by atoms with Gasteiger partial charge in [0.15, 0.2) is 11.5 Å². The maximum absolute atomic E-state index is 13.2. The third-order valence-corrected chi connectivity index (χ3v) is 6.46. The van der Waals surface area contributed by atoms with Crippen LogP contribution in [0.1, 0.15) is 37.1 Å². The molecule has 2 aliphatic rings. The highest BCUT2D eigenvalue weighted by atomic mass is 16.5. The number of amides is 3. The van der Waals surface area contributed by atoms with Gasteiger partial charge in [0.05, 0.1) is 27.0 Å². The van der Waals surface area contributed by atoms with Gasteiger partial charge < -0.3 is 28.6 Å². The van der Waals surface area contributed by atoms with Gasteiger partial charge in [-0.25, -0.2) is 0 Å². The lowest BCUT2D eigenvalue weighted by atomic mass is 10.1. The molecule has 11 heteroatoms. The standard InChI is InChI=1S/C25H27N5O6/c1-34-18-12-17(13-19(14-18)35-2)16-29-9-10-30-21(24(29)32)15-20(26-30)23(31)27-5-7-28(8-6-27)25(33)22-4-3-11-36-22/h3-4,11-15H,5-10,16H2,1-2H3. The number of ether oxygens (including phenoxy) is 2. The van der Waals surface area contributed by atoms with E-state index in [9.17, 15) is 14.4 Å². The molecule has 0 saturated carbocycles. The minimum Gasteiger partial charge on any atom is -0.497 e. The van der Waals surface area contributed by atoms with Gasteiger partial charge in [0.2, 0.25) is 0 Å². The minimum absolute atomic E-state index is 0.191. The first-order valence-corrected chi connectivity index (χ1v) is 11.7. The minimum atomic E-state index is -0.251. The van der Waals surface area contributed by atoms with Crippen molar-refractivity contribution in [2.75, 3.05) is 46.9 Å². The maximum Gasteiger partial charge on any atom is 0.289 e. The van der Waals surface area contributed by atoms with E-state index in [0.717, 1.165) is 5.56 Å². The Hall–Kier alpha value is -4.28. The third kappa shape index (κ3) is 4.51. The summed E-state index contributed by atoms with van der Waals surface area (Å²) in [5, 5.41) is 4.41. The predicted octanol–water partition coefficient (Wildman–Crippen LogP) is 1.75. The number of piperazine rings is 1. The van der Waals surface area contributed by atoms with E-state index < -0.39 is 0 Å². The first kappa shape index (κ1) is 23.5. The summed E-state index contributed by atoms with van der Waals surface area (Å²) in [7, 11) is 3.16. The number of methoxy groups -OCH3 is 2. The molecule has 1 aromatic carbocycles. The fourth-order valence-electron chi connectivity index (χ4n) is 4.50. The Balaban J connectivity index is 1.24. The van der Waals surface area contributed by atoms with E-state index in [2.05, 4.69) is 5.10 Å². The molecule has 0 unspecified atom stereocenters. The van der Waals surface area contributed by atoms with Gasteiger partial charge in [0, 0.05) is 51.4 Å². The summed E-state index contributed by atoms with van der Waals surface area (Å²) in [6.07, 6.45) is 1.46. The van der Waals surface area contributed by atoms with Gasteiger partial charge in [-0.1, -0.05) is 0 Å². The van der Waals surface area contributed by atoms with E-state index in [4.69, 9.17) is 13.9 Å². The van der Waals surface area contributed by atoms with Crippen molar-refractivity contribution in [3.8, 4) is 11.5 Å². The van der Waals surface area contributed by atoms with Gasteiger partial charge in [-0.15, -0.1) is 0 Å². The lowest BCUT2D eigenvalue weighted by Crippen LogP contribution is -2.50. The molecule has 0 atom stereocenters. The zero-order valence-electron chi connectivity index (χ0n) is 20.2. The topological polar surface area (TPSA) is 110 Å². The Morgan fingerprint density at radius 3 is 2.19 bits per heavy atom. The number of furan rings is 1. The van der Waals surface area contributed by atoms with Crippen LogP contribution < -0.4 is 9.47 Å². The highest BCUT2D eigenvalue weighted by Gasteiger charge is 2.31. The second-order valence-corrected chi connectivity index (χ2v) is 8.65. The summed E-state index contributed by atoms with van der Waals surface area (Å²) in [6, 6.07) is 10.4. The quantitative estimate of drug-likeness (QED) is 0.514. The molecule has 2 aliphatic heterocycles. The van der Waals surface area contributed by atoms with Gasteiger partial charge >= 0.3 is 0 Å². The summed E-state index contributed by atoms with van der Waals surface area (Å²) >= 11 is 0. The van der Waals surface area contributed by atoms with Crippen molar-refractivity contribution in [2.24, 2.45) is 0 Å². The van der Waals surface area contributed by atoms with Crippen molar-refractivity contribution in [1.82, 2.24) is 24.5 Å². The van der Waals surface area contributed by atoms with Gasteiger partial charge in [0.25, 0.3) is 17.7 Å². The summed E-state index contributed by atoms with van der Waals surface area (Å²) < 4.78 is 17.4. The third-order valence-electron chi connectivity index (χ3n) is 6.46. The first-order valence-electron chi connectivity index (χ1n) is 11.7. The molecular formula is C25H27N5O6. The molecule has 1 saturated heterocycles. The number of rotatable bonds is 6. The normalized spacial score (nSPS) is 15.6. The Kier molecular flexibility index (Phi) is 6.36. The molecule has 1 fully saturated rings. The lowest BCUT2D eigenvalue weighted by Gasteiger charge is -2.33. The number of nitrogens with zero attached hydrogens (tertiary/aromatic N) is 5. The monoisotopic (exact) mass is 493 g/mol. The molecule has 3 amide bonds. The molecule has 0 radical (unpaired) electrons. The van der Waals surface area contributed by atoms with Gasteiger partial charge in [0.1, 0.15) is 17.2 Å². The Bertz CT molecular complexity index is 1250. The fraction of sp³-hybridized carbons (Fsp3) is 0.360. The highest BCUT2D eigenvalue weighted by molar-refractivity contribution is 5.98. The SMILES string of the molecule is COc1cc(CN2CCn3nc(C(=O)N4CCN(C(=O)c5ccco5)CC4)cc3C2=O)cc(OC)c1. The number of hydrogen-bond donors (Lipinski definition) is 0. The average molecular weight is 494 g/mol. The second kappa shape index (κ2) is 9.76. The van der Waals surface area contributed by atoms with Crippen LogP contribution in [0.25, 0.3) is 0 Å². The average Bonchev–Trinajstić information content (AvgIpc) is 3.60.